The molecule has 0 aromatic heterocycles. The van der Waals surface area contributed by atoms with E-state index in [9.17, 15) is 9.59 Å². The van der Waals surface area contributed by atoms with Crippen molar-refractivity contribution in [2.24, 2.45) is 0 Å². The number of halogens is 1. The van der Waals surface area contributed by atoms with Gasteiger partial charge in [0.15, 0.2) is 0 Å². The summed E-state index contributed by atoms with van der Waals surface area (Å²) in [4.78, 5) is 23.3. The molecule has 1 amide bonds. The summed E-state index contributed by atoms with van der Waals surface area (Å²) in [5, 5.41) is 0. The first-order chi connectivity index (χ1) is 6.11. The van der Waals surface area contributed by atoms with Crippen LogP contribution in [0.1, 0.15) is 12.8 Å². The first-order valence-corrected chi connectivity index (χ1v) is 4.52. The van der Waals surface area contributed by atoms with Crippen LogP contribution < -0.4 is 0 Å². The van der Waals surface area contributed by atoms with Crippen molar-refractivity contribution < 1.29 is 14.3 Å². The van der Waals surface area contributed by atoms with E-state index in [-0.39, 0.29) is 12.5 Å². The Balaban J connectivity index is 3.75. The van der Waals surface area contributed by atoms with Gasteiger partial charge in [0, 0.05) is 19.3 Å². The molecule has 0 rings (SSSR count). The number of hydrogen-bond acceptors (Lipinski definition) is 3. The lowest BCUT2D eigenvalue weighted by Crippen LogP contribution is -2.32. The first kappa shape index (κ1) is 12.2. The number of esters is 1. The van der Waals surface area contributed by atoms with E-state index in [0.717, 1.165) is 0 Å². The van der Waals surface area contributed by atoms with Crippen LogP contribution in [-0.2, 0) is 14.3 Å². The van der Waals surface area contributed by atoms with Crippen molar-refractivity contribution in [3.05, 3.63) is 0 Å². The smallest absolute Gasteiger partial charge is 0.325 e. The molecule has 5 heteroatoms. The molecule has 0 heterocycles. The van der Waals surface area contributed by atoms with Crippen LogP contribution in [0.2, 0.25) is 0 Å². The molecule has 0 aromatic rings. The number of carbonyl (C=O) groups excluding carboxylic acids is 2. The fraction of sp³-hybridized carbons (Fsp3) is 0.750. The average Bonchev–Trinajstić information content (AvgIpc) is 2.13. The molecular weight excluding hydrogens is 194 g/mol. The van der Waals surface area contributed by atoms with Crippen LogP contribution in [0.4, 0.5) is 0 Å². The Morgan fingerprint density at radius 2 is 2.08 bits per heavy atom. The maximum Gasteiger partial charge on any atom is 0.325 e. The van der Waals surface area contributed by atoms with Gasteiger partial charge in [-0.2, -0.15) is 0 Å². The second kappa shape index (κ2) is 6.71. The summed E-state index contributed by atoms with van der Waals surface area (Å²) in [6, 6.07) is 0. The Hall–Kier alpha value is -0.770. The second-order valence-electron chi connectivity index (χ2n) is 2.62. The molecule has 0 aliphatic carbocycles. The summed E-state index contributed by atoms with van der Waals surface area (Å²) in [6.45, 7) is -0.00236. The summed E-state index contributed by atoms with van der Waals surface area (Å²) < 4.78 is 4.42. The van der Waals surface area contributed by atoms with Gasteiger partial charge in [0.05, 0.1) is 7.11 Å². The number of hydrogen-bond donors (Lipinski definition) is 0. The molecule has 0 saturated carbocycles. The summed E-state index contributed by atoms with van der Waals surface area (Å²) >= 11 is 5.42. The van der Waals surface area contributed by atoms with Gasteiger partial charge in [-0.3, -0.25) is 9.59 Å². The molecule has 0 aliphatic heterocycles. The summed E-state index contributed by atoms with van der Waals surface area (Å²) in [5.41, 5.74) is 0. The maximum absolute atomic E-state index is 11.2. The van der Waals surface area contributed by atoms with E-state index < -0.39 is 5.97 Å². The second-order valence-corrected chi connectivity index (χ2v) is 3.00. The highest BCUT2D eigenvalue weighted by atomic mass is 35.5. The van der Waals surface area contributed by atoms with Gasteiger partial charge in [0.1, 0.15) is 6.54 Å². The zero-order valence-corrected chi connectivity index (χ0v) is 8.63. The van der Waals surface area contributed by atoms with Crippen molar-refractivity contribution in [3.8, 4) is 0 Å². The number of carbonyl (C=O) groups is 2. The van der Waals surface area contributed by atoms with Gasteiger partial charge in [0.2, 0.25) is 5.91 Å². The average molecular weight is 208 g/mol. The van der Waals surface area contributed by atoms with Crippen LogP contribution in [-0.4, -0.2) is 43.4 Å². The predicted octanol–water partition coefficient (Wildman–Crippen LogP) is 0.637. The number of ether oxygens (including phenoxy) is 1. The molecule has 0 atom stereocenters. The molecule has 0 aliphatic rings. The lowest BCUT2D eigenvalue weighted by atomic mass is 10.3. The summed E-state index contributed by atoms with van der Waals surface area (Å²) in [7, 11) is 2.85. The Morgan fingerprint density at radius 1 is 1.46 bits per heavy atom. The Bertz CT molecular complexity index is 184. The van der Waals surface area contributed by atoms with Crippen molar-refractivity contribution >= 4 is 23.5 Å². The van der Waals surface area contributed by atoms with Crippen molar-refractivity contribution in [2.75, 3.05) is 26.6 Å². The summed E-state index contributed by atoms with van der Waals surface area (Å²) in [6.07, 6.45) is 1.00. The Kier molecular flexibility index (Phi) is 6.32. The third kappa shape index (κ3) is 5.47. The third-order valence-corrected chi connectivity index (χ3v) is 1.81. The van der Waals surface area contributed by atoms with Crippen LogP contribution in [0.5, 0.6) is 0 Å². The number of nitrogens with zero attached hydrogens (tertiary/aromatic N) is 1. The molecule has 0 bridgehead atoms. The molecule has 13 heavy (non-hydrogen) atoms. The number of rotatable bonds is 5. The number of amides is 1. The quantitative estimate of drug-likeness (QED) is 0.491. The molecule has 0 unspecified atom stereocenters. The Morgan fingerprint density at radius 3 is 2.54 bits per heavy atom. The van der Waals surface area contributed by atoms with Crippen molar-refractivity contribution in [2.45, 2.75) is 12.8 Å². The zero-order valence-electron chi connectivity index (χ0n) is 7.88. The van der Waals surface area contributed by atoms with E-state index in [2.05, 4.69) is 4.74 Å². The summed E-state index contributed by atoms with van der Waals surface area (Å²) in [5.74, 6) is -0.0505. The molecular formula is C8H14ClNO3. The lowest BCUT2D eigenvalue weighted by Gasteiger charge is -2.14. The largest absolute Gasteiger partial charge is 0.468 e. The van der Waals surface area contributed by atoms with Crippen LogP contribution in [0, 0.1) is 0 Å². The van der Waals surface area contributed by atoms with Gasteiger partial charge in [0.25, 0.3) is 0 Å². The molecule has 0 aromatic carbocycles. The van der Waals surface area contributed by atoms with Gasteiger partial charge in [-0.05, 0) is 6.42 Å². The monoisotopic (exact) mass is 207 g/mol. The normalized spacial score (nSPS) is 9.46. The molecule has 0 saturated heterocycles. The van der Waals surface area contributed by atoms with Gasteiger partial charge in [-0.25, -0.2) is 0 Å². The van der Waals surface area contributed by atoms with E-state index in [4.69, 9.17) is 11.6 Å². The Labute approximate surface area is 82.8 Å². The maximum atomic E-state index is 11.2. The number of likely N-dealkylation sites (N-methyl/N-ethyl adjacent to an activating group) is 1. The molecule has 0 spiro atoms. The van der Waals surface area contributed by atoms with Crippen LogP contribution in [0.25, 0.3) is 0 Å². The standard InChI is InChI=1S/C8H14ClNO3/c1-10(6-8(12)13-2)7(11)4-3-5-9/h3-6H2,1-2H3. The minimum atomic E-state index is -0.415. The molecule has 0 radical (unpaired) electrons. The van der Waals surface area contributed by atoms with Crippen molar-refractivity contribution in [1.29, 1.82) is 0 Å². The van der Waals surface area contributed by atoms with E-state index in [0.29, 0.717) is 18.7 Å². The third-order valence-electron chi connectivity index (χ3n) is 1.54. The highest BCUT2D eigenvalue weighted by Gasteiger charge is 2.11. The number of alkyl halides is 1. The molecule has 4 nitrogen and oxygen atoms in total. The highest BCUT2D eigenvalue weighted by molar-refractivity contribution is 6.17. The van der Waals surface area contributed by atoms with Crippen molar-refractivity contribution in [3.63, 3.8) is 0 Å². The van der Waals surface area contributed by atoms with Crippen LogP contribution in [0.15, 0.2) is 0 Å². The minimum Gasteiger partial charge on any atom is -0.468 e. The van der Waals surface area contributed by atoms with E-state index >= 15 is 0 Å². The first-order valence-electron chi connectivity index (χ1n) is 3.98. The zero-order chi connectivity index (χ0) is 10.3. The SMILES string of the molecule is COC(=O)CN(C)C(=O)CCCCl. The van der Waals surface area contributed by atoms with Crippen LogP contribution >= 0.6 is 11.6 Å². The molecule has 0 fully saturated rings. The lowest BCUT2D eigenvalue weighted by molar-refractivity contribution is -0.146. The fourth-order valence-electron chi connectivity index (χ4n) is 0.755. The van der Waals surface area contributed by atoms with E-state index in [1.165, 1.54) is 12.0 Å². The van der Waals surface area contributed by atoms with Gasteiger partial charge in [-0.1, -0.05) is 0 Å². The topological polar surface area (TPSA) is 46.6 Å². The predicted molar refractivity (Wildman–Crippen MR) is 49.6 cm³/mol. The number of methoxy groups -OCH3 is 1. The van der Waals surface area contributed by atoms with Gasteiger partial charge >= 0.3 is 5.97 Å². The van der Waals surface area contributed by atoms with Gasteiger partial charge < -0.3 is 9.64 Å². The van der Waals surface area contributed by atoms with Crippen LogP contribution in [0.3, 0.4) is 0 Å². The fourth-order valence-corrected chi connectivity index (χ4v) is 0.889. The van der Waals surface area contributed by atoms with E-state index in [1.807, 2.05) is 0 Å². The minimum absolute atomic E-state index is 0.00236. The van der Waals surface area contributed by atoms with E-state index in [1.54, 1.807) is 7.05 Å². The highest BCUT2D eigenvalue weighted by Crippen LogP contribution is 1.97. The molecule has 0 N–H and O–H groups in total. The van der Waals surface area contributed by atoms with Gasteiger partial charge in [-0.15, -0.1) is 11.6 Å². The van der Waals surface area contributed by atoms with Crippen molar-refractivity contribution in [1.82, 2.24) is 4.90 Å². The molecule has 76 valence electrons.